The summed E-state index contributed by atoms with van der Waals surface area (Å²) in [5.74, 6) is 0.685. The quantitative estimate of drug-likeness (QED) is 0.438. The SMILES string of the molecule is CCN(CCN1CCN(Cc2cc(C)cc(C)c2)C1=C(C#N)C#N)C(=O)c1ccc(CN2CCCCC2)cc1. The molecule has 2 heterocycles. The summed E-state index contributed by atoms with van der Waals surface area (Å²) in [6.07, 6.45) is 3.86. The topological polar surface area (TPSA) is 77.6 Å². The fraction of sp³-hybridized carbons (Fsp3) is 0.469. The summed E-state index contributed by atoms with van der Waals surface area (Å²) in [6, 6.07) is 18.7. The lowest BCUT2D eigenvalue weighted by atomic mass is 10.1. The minimum atomic E-state index is 0.0135. The molecule has 2 aliphatic heterocycles. The molecular formula is C32H40N6O. The lowest BCUT2D eigenvalue weighted by Crippen LogP contribution is -2.38. The van der Waals surface area contributed by atoms with Crippen LogP contribution in [0.5, 0.6) is 0 Å². The van der Waals surface area contributed by atoms with Crippen LogP contribution in [0.3, 0.4) is 0 Å². The Balaban J connectivity index is 1.41. The van der Waals surface area contributed by atoms with E-state index in [1.807, 2.05) is 24.0 Å². The van der Waals surface area contributed by atoms with E-state index >= 15 is 0 Å². The number of carbonyl (C=O) groups is 1. The fourth-order valence-electron chi connectivity index (χ4n) is 5.80. The molecule has 7 heteroatoms. The number of aryl methyl sites for hydroxylation is 2. The fourth-order valence-corrected chi connectivity index (χ4v) is 5.80. The smallest absolute Gasteiger partial charge is 0.253 e. The van der Waals surface area contributed by atoms with Crippen molar-refractivity contribution >= 4 is 5.91 Å². The maximum absolute atomic E-state index is 13.3. The van der Waals surface area contributed by atoms with Crippen LogP contribution >= 0.6 is 0 Å². The average Bonchev–Trinajstić information content (AvgIpc) is 3.32. The van der Waals surface area contributed by atoms with E-state index in [0.29, 0.717) is 44.1 Å². The number of carbonyl (C=O) groups excluding carboxylic acids is 1. The van der Waals surface area contributed by atoms with Crippen LogP contribution in [0.15, 0.2) is 53.9 Å². The molecule has 0 radical (unpaired) electrons. The van der Waals surface area contributed by atoms with Crippen molar-refractivity contribution < 1.29 is 4.79 Å². The molecule has 2 aliphatic rings. The molecule has 2 fully saturated rings. The van der Waals surface area contributed by atoms with Gasteiger partial charge in [0.2, 0.25) is 0 Å². The number of likely N-dealkylation sites (N-methyl/N-ethyl adjacent to an activating group) is 1. The van der Waals surface area contributed by atoms with E-state index in [1.165, 1.54) is 36.0 Å². The van der Waals surface area contributed by atoms with Crippen molar-refractivity contribution in [3.63, 3.8) is 0 Å². The second-order valence-electron chi connectivity index (χ2n) is 10.7. The van der Waals surface area contributed by atoms with Gasteiger partial charge in [0.1, 0.15) is 18.0 Å². The maximum atomic E-state index is 13.3. The highest BCUT2D eigenvalue weighted by Gasteiger charge is 2.29. The number of hydrogen-bond acceptors (Lipinski definition) is 6. The largest absolute Gasteiger partial charge is 0.353 e. The van der Waals surface area contributed by atoms with Crippen LogP contribution in [-0.2, 0) is 13.1 Å². The summed E-state index contributed by atoms with van der Waals surface area (Å²) in [5.41, 5.74) is 5.62. The van der Waals surface area contributed by atoms with E-state index in [2.05, 4.69) is 71.0 Å². The molecule has 0 unspecified atom stereocenters. The van der Waals surface area contributed by atoms with Crippen LogP contribution in [0.1, 0.15) is 58.8 Å². The molecule has 39 heavy (non-hydrogen) atoms. The Hall–Kier alpha value is -3.81. The average molecular weight is 525 g/mol. The molecule has 4 rings (SSSR count). The van der Waals surface area contributed by atoms with Gasteiger partial charge in [0.05, 0.1) is 0 Å². The van der Waals surface area contributed by atoms with Crippen LogP contribution in [0, 0.1) is 36.5 Å². The van der Waals surface area contributed by atoms with Crippen molar-refractivity contribution in [2.75, 3.05) is 45.8 Å². The van der Waals surface area contributed by atoms with Crippen molar-refractivity contribution in [1.29, 1.82) is 10.5 Å². The Labute approximate surface area is 233 Å². The summed E-state index contributed by atoms with van der Waals surface area (Å²) in [7, 11) is 0. The summed E-state index contributed by atoms with van der Waals surface area (Å²) >= 11 is 0. The van der Waals surface area contributed by atoms with Crippen LogP contribution < -0.4 is 0 Å². The predicted molar refractivity (Wildman–Crippen MR) is 153 cm³/mol. The first-order chi connectivity index (χ1) is 18.9. The van der Waals surface area contributed by atoms with E-state index in [0.717, 1.165) is 31.7 Å². The van der Waals surface area contributed by atoms with Gasteiger partial charge in [-0.1, -0.05) is 47.9 Å². The highest BCUT2D eigenvalue weighted by atomic mass is 16.2. The molecule has 0 aromatic heterocycles. The zero-order valence-corrected chi connectivity index (χ0v) is 23.6. The number of rotatable bonds is 9. The van der Waals surface area contributed by atoms with E-state index in [1.54, 1.807) is 0 Å². The molecule has 0 bridgehead atoms. The van der Waals surface area contributed by atoms with Gasteiger partial charge in [-0.2, -0.15) is 10.5 Å². The molecule has 2 saturated heterocycles. The first kappa shape index (κ1) is 28.2. The number of nitrogens with zero attached hydrogens (tertiary/aromatic N) is 6. The first-order valence-corrected chi connectivity index (χ1v) is 14.1. The van der Waals surface area contributed by atoms with Crippen LogP contribution in [0.2, 0.25) is 0 Å². The predicted octanol–water partition coefficient (Wildman–Crippen LogP) is 4.83. The highest BCUT2D eigenvalue weighted by Crippen LogP contribution is 2.25. The number of nitriles is 2. The molecule has 0 atom stereocenters. The van der Waals surface area contributed by atoms with E-state index in [4.69, 9.17) is 0 Å². The molecule has 7 nitrogen and oxygen atoms in total. The molecule has 0 N–H and O–H groups in total. The third-order valence-corrected chi connectivity index (χ3v) is 7.71. The first-order valence-electron chi connectivity index (χ1n) is 14.1. The molecule has 1 amide bonds. The monoisotopic (exact) mass is 524 g/mol. The number of benzene rings is 2. The summed E-state index contributed by atoms with van der Waals surface area (Å²) in [6.45, 7) is 13.2. The van der Waals surface area contributed by atoms with E-state index in [9.17, 15) is 15.3 Å². The number of allylic oxidation sites excluding steroid dienone is 1. The molecule has 2 aromatic rings. The second-order valence-corrected chi connectivity index (χ2v) is 10.7. The summed E-state index contributed by atoms with van der Waals surface area (Å²) in [4.78, 5) is 21.9. The Morgan fingerprint density at radius 2 is 1.49 bits per heavy atom. The third kappa shape index (κ3) is 7.19. The summed E-state index contributed by atoms with van der Waals surface area (Å²) < 4.78 is 0. The van der Waals surface area contributed by atoms with Crippen LogP contribution in [-0.4, -0.2) is 71.3 Å². The second kappa shape index (κ2) is 13.3. The van der Waals surface area contributed by atoms with Crippen molar-refractivity contribution in [1.82, 2.24) is 19.6 Å². The Bertz CT molecular complexity index is 1230. The third-order valence-electron chi connectivity index (χ3n) is 7.71. The standard InChI is InChI=1S/C32H40N6O/c1-4-36(32(39)29-10-8-27(9-11-29)23-35-12-6-5-7-13-35)14-15-37-16-17-38(31(37)30(21-33)22-34)24-28-19-25(2)18-26(3)20-28/h8-11,18-20H,4-7,12-17,23-24H2,1-3H3. The van der Waals surface area contributed by atoms with Gasteiger partial charge >= 0.3 is 0 Å². The Morgan fingerprint density at radius 1 is 0.846 bits per heavy atom. The lowest BCUT2D eigenvalue weighted by molar-refractivity contribution is 0.0752. The van der Waals surface area contributed by atoms with Gasteiger partial charge in [0.15, 0.2) is 5.57 Å². The van der Waals surface area contributed by atoms with Gasteiger partial charge in [-0.05, 0) is 70.0 Å². The van der Waals surface area contributed by atoms with Crippen molar-refractivity contribution in [2.45, 2.75) is 53.1 Å². The van der Waals surface area contributed by atoms with Crippen molar-refractivity contribution in [3.05, 3.63) is 81.7 Å². The molecule has 0 spiro atoms. The maximum Gasteiger partial charge on any atom is 0.253 e. The minimum absolute atomic E-state index is 0.0135. The lowest BCUT2D eigenvalue weighted by Gasteiger charge is -2.28. The molecule has 2 aromatic carbocycles. The van der Waals surface area contributed by atoms with Gasteiger partial charge in [-0.25, -0.2) is 0 Å². The van der Waals surface area contributed by atoms with Gasteiger partial charge in [0.25, 0.3) is 5.91 Å². The number of likely N-dealkylation sites (tertiary alicyclic amines) is 1. The van der Waals surface area contributed by atoms with Crippen molar-refractivity contribution in [3.8, 4) is 12.1 Å². The normalized spacial score (nSPS) is 15.7. The van der Waals surface area contributed by atoms with Gasteiger partial charge in [-0.3, -0.25) is 9.69 Å². The van der Waals surface area contributed by atoms with Gasteiger partial charge in [0, 0.05) is 51.4 Å². The zero-order chi connectivity index (χ0) is 27.8. The Kier molecular flexibility index (Phi) is 9.63. The number of amides is 1. The highest BCUT2D eigenvalue weighted by molar-refractivity contribution is 5.94. The molecule has 0 saturated carbocycles. The molecular weight excluding hydrogens is 484 g/mol. The Morgan fingerprint density at radius 3 is 2.10 bits per heavy atom. The van der Waals surface area contributed by atoms with E-state index in [-0.39, 0.29) is 11.5 Å². The van der Waals surface area contributed by atoms with E-state index < -0.39 is 0 Å². The zero-order valence-electron chi connectivity index (χ0n) is 23.6. The summed E-state index contributed by atoms with van der Waals surface area (Å²) in [5, 5.41) is 19.4. The van der Waals surface area contributed by atoms with Gasteiger partial charge < -0.3 is 14.7 Å². The van der Waals surface area contributed by atoms with Gasteiger partial charge in [-0.15, -0.1) is 0 Å². The molecule has 0 aliphatic carbocycles. The van der Waals surface area contributed by atoms with Crippen LogP contribution in [0.25, 0.3) is 0 Å². The number of hydrogen-bond donors (Lipinski definition) is 0. The molecule has 204 valence electrons. The van der Waals surface area contributed by atoms with Crippen LogP contribution in [0.4, 0.5) is 0 Å². The number of piperidine rings is 1. The minimum Gasteiger partial charge on any atom is -0.353 e. The van der Waals surface area contributed by atoms with Crippen molar-refractivity contribution in [2.24, 2.45) is 0 Å².